The van der Waals surface area contributed by atoms with Gasteiger partial charge in [0.15, 0.2) is 0 Å². The highest BCUT2D eigenvalue weighted by molar-refractivity contribution is 8.02. The molecular formula is C11H15NS3. The molecule has 1 heterocycles. The molecule has 0 radical (unpaired) electrons. The molecule has 2 rings (SSSR count). The van der Waals surface area contributed by atoms with E-state index in [1.165, 1.54) is 20.4 Å². The number of anilines is 1. The fraction of sp³-hybridized carbons (Fsp3) is 0.455. The highest BCUT2D eigenvalue weighted by Crippen LogP contribution is 2.46. The number of thioether (sulfide) groups is 3. The molecule has 1 nitrogen and oxygen atoms in total. The van der Waals surface area contributed by atoms with Crippen molar-refractivity contribution in [3.05, 3.63) is 12.1 Å². The van der Waals surface area contributed by atoms with Crippen LogP contribution in [0.3, 0.4) is 0 Å². The Bertz CT molecular complexity index is 378. The molecule has 1 aromatic carbocycles. The van der Waals surface area contributed by atoms with Crippen LogP contribution in [0.15, 0.2) is 26.8 Å². The minimum atomic E-state index is 0.562. The van der Waals surface area contributed by atoms with Gasteiger partial charge in [-0.25, -0.2) is 0 Å². The van der Waals surface area contributed by atoms with Crippen molar-refractivity contribution in [1.82, 2.24) is 0 Å². The van der Waals surface area contributed by atoms with Gasteiger partial charge in [-0.1, -0.05) is 11.8 Å². The lowest BCUT2D eigenvalue weighted by atomic mass is 10.3. The van der Waals surface area contributed by atoms with E-state index in [0.717, 1.165) is 0 Å². The van der Waals surface area contributed by atoms with Gasteiger partial charge < -0.3 is 4.90 Å². The average molecular weight is 257 g/mol. The van der Waals surface area contributed by atoms with Crippen molar-refractivity contribution in [2.24, 2.45) is 0 Å². The third-order valence-corrected chi connectivity index (χ3v) is 5.61. The van der Waals surface area contributed by atoms with E-state index in [0.29, 0.717) is 5.37 Å². The largest absolute Gasteiger partial charge is 0.362 e. The molecule has 0 amide bonds. The first-order valence-electron chi connectivity index (χ1n) is 4.83. The Balaban J connectivity index is 2.48. The minimum absolute atomic E-state index is 0.562. The Morgan fingerprint density at radius 3 is 2.40 bits per heavy atom. The highest BCUT2D eigenvalue weighted by atomic mass is 32.2. The number of fused-ring (bicyclic) bond motifs is 1. The predicted molar refractivity (Wildman–Crippen MR) is 73.7 cm³/mol. The van der Waals surface area contributed by atoms with E-state index in [-0.39, 0.29) is 0 Å². The third-order valence-electron chi connectivity index (χ3n) is 2.69. The Kier molecular flexibility index (Phi) is 3.48. The fourth-order valence-corrected chi connectivity index (χ4v) is 4.39. The van der Waals surface area contributed by atoms with Crippen molar-refractivity contribution in [3.63, 3.8) is 0 Å². The van der Waals surface area contributed by atoms with Gasteiger partial charge in [0.1, 0.15) is 0 Å². The minimum Gasteiger partial charge on any atom is -0.362 e. The molecule has 15 heavy (non-hydrogen) atoms. The predicted octanol–water partition coefficient (Wildman–Crippen LogP) is 4.02. The van der Waals surface area contributed by atoms with Crippen LogP contribution in [0.5, 0.6) is 0 Å². The Morgan fingerprint density at radius 1 is 1.20 bits per heavy atom. The summed E-state index contributed by atoms with van der Waals surface area (Å²) in [7, 11) is 2.17. The molecule has 82 valence electrons. The van der Waals surface area contributed by atoms with Crippen LogP contribution in [-0.2, 0) is 0 Å². The zero-order valence-electron chi connectivity index (χ0n) is 9.40. The summed E-state index contributed by atoms with van der Waals surface area (Å²) in [5.41, 5.74) is 1.38. The molecule has 0 saturated heterocycles. The molecule has 4 heteroatoms. The first kappa shape index (κ1) is 11.6. The van der Waals surface area contributed by atoms with Gasteiger partial charge in [-0.2, -0.15) is 0 Å². The van der Waals surface area contributed by atoms with Gasteiger partial charge in [-0.3, -0.25) is 0 Å². The van der Waals surface area contributed by atoms with E-state index in [9.17, 15) is 0 Å². The average Bonchev–Trinajstić information content (AvgIpc) is 2.53. The Labute approximate surface area is 104 Å². The summed E-state index contributed by atoms with van der Waals surface area (Å²) in [6, 6.07) is 4.65. The van der Waals surface area contributed by atoms with Crippen LogP contribution in [0.4, 0.5) is 5.69 Å². The van der Waals surface area contributed by atoms with E-state index in [4.69, 9.17) is 0 Å². The van der Waals surface area contributed by atoms with Crippen molar-refractivity contribution in [2.45, 2.75) is 27.0 Å². The Morgan fingerprint density at radius 2 is 1.80 bits per heavy atom. The first-order valence-corrected chi connectivity index (χ1v) is 8.15. The van der Waals surface area contributed by atoms with Gasteiger partial charge in [0.25, 0.3) is 0 Å². The maximum absolute atomic E-state index is 2.35. The maximum atomic E-state index is 2.35. The van der Waals surface area contributed by atoms with Crippen LogP contribution in [0.25, 0.3) is 0 Å². The van der Waals surface area contributed by atoms with E-state index in [2.05, 4.69) is 43.5 Å². The quantitative estimate of drug-likeness (QED) is 0.736. The monoisotopic (exact) mass is 257 g/mol. The van der Waals surface area contributed by atoms with E-state index in [1.54, 1.807) is 0 Å². The number of nitrogens with zero attached hydrogens (tertiary/aromatic N) is 1. The molecule has 0 aliphatic carbocycles. The van der Waals surface area contributed by atoms with Gasteiger partial charge in [0.05, 0.1) is 11.1 Å². The number of benzene rings is 1. The second-order valence-electron chi connectivity index (χ2n) is 3.50. The lowest BCUT2D eigenvalue weighted by Crippen LogP contribution is -2.20. The van der Waals surface area contributed by atoms with E-state index < -0.39 is 0 Å². The van der Waals surface area contributed by atoms with Crippen molar-refractivity contribution >= 4 is 41.0 Å². The summed E-state index contributed by atoms with van der Waals surface area (Å²) in [6.45, 7) is 2.25. The molecule has 1 atom stereocenters. The van der Waals surface area contributed by atoms with Crippen LogP contribution >= 0.6 is 35.3 Å². The fourth-order valence-electron chi connectivity index (χ4n) is 1.68. The first-order chi connectivity index (χ1) is 7.17. The van der Waals surface area contributed by atoms with Gasteiger partial charge in [0, 0.05) is 21.7 Å². The van der Waals surface area contributed by atoms with Gasteiger partial charge in [0.2, 0.25) is 0 Å². The highest BCUT2D eigenvalue weighted by Gasteiger charge is 2.24. The second-order valence-corrected chi connectivity index (χ2v) is 6.56. The summed E-state index contributed by atoms with van der Waals surface area (Å²) >= 11 is 5.62. The molecule has 1 aliphatic rings. The van der Waals surface area contributed by atoms with Crippen LogP contribution in [0.2, 0.25) is 0 Å². The molecule has 1 unspecified atom stereocenters. The molecule has 0 spiro atoms. The summed E-state index contributed by atoms with van der Waals surface area (Å²) in [6.07, 6.45) is 4.29. The molecular weight excluding hydrogens is 242 g/mol. The van der Waals surface area contributed by atoms with Gasteiger partial charge in [-0.15, -0.1) is 23.5 Å². The van der Waals surface area contributed by atoms with Crippen LogP contribution in [0, 0.1) is 0 Å². The van der Waals surface area contributed by atoms with E-state index >= 15 is 0 Å². The van der Waals surface area contributed by atoms with Crippen LogP contribution < -0.4 is 4.90 Å². The standard InChI is InChI=1S/C11H15NS3/c1-7-12(2)8-5-10(13-3)11(14-4)6-9(8)15-7/h5-7H,1-4H3. The van der Waals surface area contributed by atoms with Gasteiger partial charge >= 0.3 is 0 Å². The van der Waals surface area contributed by atoms with Crippen LogP contribution in [0.1, 0.15) is 6.92 Å². The Hall–Kier alpha value is 0.0700. The number of hydrogen-bond donors (Lipinski definition) is 0. The third kappa shape index (κ3) is 1.99. The normalized spacial score (nSPS) is 19.5. The van der Waals surface area contributed by atoms with E-state index in [1.807, 2.05) is 35.3 Å². The molecule has 1 aromatic rings. The van der Waals surface area contributed by atoms with Crippen molar-refractivity contribution < 1.29 is 0 Å². The summed E-state index contributed by atoms with van der Waals surface area (Å²) in [5.74, 6) is 0. The molecule has 0 aromatic heterocycles. The number of rotatable bonds is 2. The lowest BCUT2D eigenvalue weighted by Gasteiger charge is -2.17. The molecule has 0 N–H and O–H groups in total. The zero-order chi connectivity index (χ0) is 11.0. The molecule has 0 fully saturated rings. The van der Waals surface area contributed by atoms with Crippen molar-refractivity contribution in [3.8, 4) is 0 Å². The molecule has 1 aliphatic heterocycles. The lowest BCUT2D eigenvalue weighted by molar-refractivity contribution is 0.918. The zero-order valence-corrected chi connectivity index (χ0v) is 11.9. The summed E-state index contributed by atoms with van der Waals surface area (Å²) in [5, 5.41) is 0.562. The van der Waals surface area contributed by atoms with Crippen molar-refractivity contribution in [1.29, 1.82) is 0 Å². The summed E-state index contributed by atoms with van der Waals surface area (Å²) in [4.78, 5) is 6.57. The van der Waals surface area contributed by atoms with Gasteiger partial charge in [-0.05, 0) is 31.6 Å². The van der Waals surface area contributed by atoms with Crippen molar-refractivity contribution in [2.75, 3.05) is 24.5 Å². The molecule has 0 saturated carbocycles. The second kappa shape index (κ2) is 4.52. The SMILES string of the molecule is CSc1cc2c(cc1SC)N(C)C(C)S2. The van der Waals surface area contributed by atoms with Crippen LogP contribution in [-0.4, -0.2) is 24.9 Å². The number of hydrogen-bond acceptors (Lipinski definition) is 4. The molecule has 0 bridgehead atoms. The maximum Gasteiger partial charge on any atom is 0.0766 e. The smallest absolute Gasteiger partial charge is 0.0766 e. The summed E-state index contributed by atoms with van der Waals surface area (Å²) < 4.78 is 0. The topological polar surface area (TPSA) is 3.24 Å².